The topological polar surface area (TPSA) is 88.1 Å². The monoisotopic (exact) mass is 466 g/mol. The maximum Gasteiger partial charge on any atom is 0.346 e. The number of carboxylic acid groups (broad SMARTS) is 1. The van der Waals surface area contributed by atoms with E-state index in [0.717, 1.165) is 17.1 Å². The lowest BCUT2D eigenvalue weighted by Gasteiger charge is -2.25. The Morgan fingerprint density at radius 2 is 1.87 bits per heavy atom. The second kappa shape index (κ2) is 11.8. The molecule has 0 heterocycles. The van der Waals surface area contributed by atoms with E-state index in [4.69, 9.17) is 21.1 Å². The van der Waals surface area contributed by atoms with Gasteiger partial charge in [-0.05, 0) is 50.0 Å². The number of carbonyl (C=O) groups excluding carboxylic acids is 1. The molecule has 0 radical (unpaired) electrons. The van der Waals surface area contributed by atoms with Crippen molar-refractivity contribution < 1.29 is 24.2 Å². The Bertz CT molecular complexity index is 892. The van der Waals surface area contributed by atoms with Crippen molar-refractivity contribution in [1.82, 2.24) is 4.90 Å². The molecule has 0 fully saturated rings. The van der Waals surface area contributed by atoms with Gasteiger partial charge < -0.3 is 24.8 Å². The van der Waals surface area contributed by atoms with Crippen LogP contribution in [0.15, 0.2) is 47.4 Å². The number of methoxy groups -OCH3 is 1. The molecule has 0 spiro atoms. The van der Waals surface area contributed by atoms with Crippen LogP contribution in [0.3, 0.4) is 0 Å². The van der Waals surface area contributed by atoms with Crippen molar-refractivity contribution in [3.8, 4) is 5.75 Å². The number of anilines is 1. The van der Waals surface area contributed by atoms with Gasteiger partial charge in [0.15, 0.2) is 0 Å². The number of carbonyl (C=O) groups is 2. The summed E-state index contributed by atoms with van der Waals surface area (Å²) in [6, 6.07) is 12.4. The van der Waals surface area contributed by atoms with Crippen LogP contribution in [0, 0.1) is 0 Å². The molecule has 0 aliphatic carbocycles. The van der Waals surface area contributed by atoms with E-state index in [1.807, 2.05) is 20.2 Å². The van der Waals surface area contributed by atoms with Gasteiger partial charge in [0, 0.05) is 35.6 Å². The van der Waals surface area contributed by atoms with Crippen LogP contribution in [-0.4, -0.2) is 62.3 Å². The van der Waals surface area contributed by atoms with Crippen molar-refractivity contribution in [2.24, 2.45) is 0 Å². The Morgan fingerprint density at radius 1 is 1.19 bits per heavy atom. The maximum atomic E-state index is 12.0. The molecule has 2 aromatic rings. The molecule has 0 bridgehead atoms. The second-order valence-corrected chi connectivity index (χ2v) is 8.67. The molecule has 0 saturated heterocycles. The largest absolute Gasteiger partial charge is 0.497 e. The Hall–Kier alpha value is -2.42. The molecular weight excluding hydrogens is 440 g/mol. The van der Waals surface area contributed by atoms with Crippen molar-refractivity contribution in [3.63, 3.8) is 0 Å². The lowest BCUT2D eigenvalue weighted by molar-refractivity contribution is -0.162. The first-order chi connectivity index (χ1) is 14.7. The van der Waals surface area contributed by atoms with Crippen LogP contribution in [0.5, 0.6) is 5.75 Å². The molecule has 0 saturated carbocycles. The number of halogens is 1. The summed E-state index contributed by atoms with van der Waals surface area (Å²) in [7, 11) is 5.52. The molecule has 0 aliphatic rings. The number of ether oxygens (including phenoxy) is 2. The minimum absolute atomic E-state index is 0.522. The zero-order valence-electron chi connectivity index (χ0n) is 17.9. The lowest BCUT2D eigenvalue weighted by atomic mass is 10.1. The minimum Gasteiger partial charge on any atom is -0.497 e. The van der Waals surface area contributed by atoms with Crippen molar-refractivity contribution in [1.29, 1.82) is 0 Å². The van der Waals surface area contributed by atoms with Crippen LogP contribution in [-0.2, 0) is 14.3 Å². The second-order valence-electron chi connectivity index (χ2n) is 7.05. The average molecular weight is 467 g/mol. The molecular formula is C22H27ClN2O5S. The zero-order valence-corrected chi connectivity index (χ0v) is 19.5. The minimum atomic E-state index is -1.38. The van der Waals surface area contributed by atoms with E-state index in [1.165, 1.54) is 18.7 Å². The number of likely N-dealkylation sites (N-methyl/N-ethyl adjacent to an activating group) is 1. The quantitative estimate of drug-likeness (QED) is 0.377. The number of thioether (sulfide) groups is 1. The van der Waals surface area contributed by atoms with Gasteiger partial charge in [-0.15, -0.1) is 11.8 Å². The predicted octanol–water partition coefficient (Wildman–Crippen LogP) is 4.17. The predicted molar refractivity (Wildman–Crippen MR) is 123 cm³/mol. The third-order valence-electron chi connectivity index (χ3n) is 4.33. The normalized spacial score (nSPS) is 12.8. The van der Waals surface area contributed by atoms with Crippen molar-refractivity contribution in [3.05, 3.63) is 53.1 Å². The molecule has 31 heavy (non-hydrogen) atoms. The Kier molecular flexibility index (Phi) is 9.48. The summed E-state index contributed by atoms with van der Waals surface area (Å²) in [5.41, 5.74) is 1.50. The molecule has 2 unspecified atom stereocenters. The Labute approximate surface area is 191 Å². The van der Waals surface area contributed by atoms with E-state index < -0.39 is 23.3 Å². The summed E-state index contributed by atoms with van der Waals surface area (Å²) in [6.45, 7) is 2.71. The molecule has 0 aliphatic heterocycles. The summed E-state index contributed by atoms with van der Waals surface area (Å²) in [6.07, 6.45) is -1.38. The van der Waals surface area contributed by atoms with Crippen LogP contribution in [0.4, 0.5) is 5.69 Å². The summed E-state index contributed by atoms with van der Waals surface area (Å²) in [5.74, 6) is -1.25. The highest BCUT2D eigenvalue weighted by atomic mass is 35.5. The van der Waals surface area contributed by atoms with Crippen LogP contribution < -0.4 is 10.1 Å². The van der Waals surface area contributed by atoms with Gasteiger partial charge in [-0.3, -0.25) is 4.79 Å². The van der Waals surface area contributed by atoms with Crippen molar-refractivity contribution >= 4 is 41.0 Å². The smallest absolute Gasteiger partial charge is 0.346 e. The zero-order chi connectivity index (χ0) is 23.0. The van der Waals surface area contributed by atoms with Crippen LogP contribution in [0.25, 0.3) is 0 Å². The maximum absolute atomic E-state index is 12.0. The van der Waals surface area contributed by atoms with E-state index in [1.54, 1.807) is 43.5 Å². The number of rotatable bonds is 11. The van der Waals surface area contributed by atoms with Gasteiger partial charge in [0.25, 0.3) is 0 Å². The van der Waals surface area contributed by atoms with Gasteiger partial charge in [0.1, 0.15) is 5.75 Å². The Morgan fingerprint density at radius 3 is 2.42 bits per heavy atom. The van der Waals surface area contributed by atoms with E-state index in [0.29, 0.717) is 22.9 Å². The van der Waals surface area contributed by atoms with E-state index >= 15 is 0 Å². The van der Waals surface area contributed by atoms with Gasteiger partial charge in [-0.25, -0.2) is 4.79 Å². The van der Waals surface area contributed by atoms with E-state index in [2.05, 4.69) is 10.2 Å². The first-order valence-electron chi connectivity index (χ1n) is 9.60. The van der Waals surface area contributed by atoms with Crippen LogP contribution in [0.1, 0.15) is 17.7 Å². The third kappa shape index (κ3) is 7.65. The van der Waals surface area contributed by atoms with Gasteiger partial charge in [-0.1, -0.05) is 23.7 Å². The fourth-order valence-corrected chi connectivity index (χ4v) is 4.37. The Balaban J connectivity index is 2.43. The lowest BCUT2D eigenvalue weighted by Crippen LogP contribution is -2.31. The highest BCUT2D eigenvalue weighted by molar-refractivity contribution is 7.99. The summed E-state index contributed by atoms with van der Waals surface area (Å²) in [4.78, 5) is 26.4. The first-order valence-corrected chi connectivity index (χ1v) is 10.9. The number of esters is 1. The molecule has 2 aromatic carbocycles. The number of carboxylic acids is 1. The number of hydrogen-bond acceptors (Lipinski definition) is 7. The molecule has 9 heteroatoms. The number of hydrogen-bond donors (Lipinski definition) is 2. The number of nitrogens with zero attached hydrogens (tertiary/aromatic N) is 1. The molecule has 7 nitrogen and oxygen atoms in total. The molecule has 2 atom stereocenters. The third-order valence-corrected chi connectivity index (χ3v) is 5.93. The highest BCUT2D eigenvalue weighted by Gasteiger charge is 2.34. The summed E-state index contributed by atoms with van der Waals surface area (Å²) < 4.78 is 10.4. The summed E-state index contributed by atoms with van der Waals surface area (Å²) >= 11 is 7.50. The first kappa shape index (κ1) is 24.8. The van der Waals surface area contributed by atoms with Crippen molar-refractivity contribution in [2.75, 3.05) is 39.6 Å². The highest BCUT2D eigenvalue weighted by Crippen LogP contribution is 2.43. The molecule has 0 amide bonds. The number of aliphatic carboxylic acids is 1. The number of benzene rings is 2. The molecule has 2 N–H and O–H groups in total. The standard InChI is InChI=1S/C22H27ClN2O5S/c1-14(26)30-20(22(27)28)21(15-5-8-17(29-4)9-6-15)31-19-13-16(23)7-10-18(19)24-11-12-25(2)3/h5-10,13,20-21,24H,11-12H2,1-4H3,(H,27,28). The van der Waals surface area contributed by atoms with E-state index in [-0.39, 0.29) is 0 Å². The molecule has 0 aromatic heterocycles. The van der Waals surface area contributed by atoms with Gasteiger partial charge in [0.2, 0.25) is 6.10 Å². The average Bonchev–Trinajstić information content (AvgIpc) is 2.71. The molecule has 2 rings (SSSR count). The van der Waals surface area contributed by atoms with Crippen molar-refractivity contribution in [2.45, 2.75) is 23.2 Å². The number of nitrogens with one attached hydrogen (secondary N) is 1. The van der Waals surface area contributed by atoms with Gasteiger partial charge in [-0.2, -0.15) is 0 Å². The summed E-state index contributed by atoms with van der Waals surface area (Å²) in [5, 5.41) is 13.0. The SMILES string of the molecule is COc1ccc(C(Sc2cc(Cl)ccc2NCCN(C)C)C(OC(C)=O)C(=O)O)cc1. The van der Waals surface area contributed by atoms with Crippen LogP contribution >= 0.6 is 23.4 Å². The van der Waals surface area contributed by atoms with Gasteiger partial charge in [0.05, 0.1) is 12.4 Å². The van der Waals surface area contributed by atoms with Gasteiger partial charge >= 0.3 is 11.9 Å². The fraction of sp³-hybridized carbons (Fsp3) is 0.364. The molecule has 168 valence electrons. The fourth-order valence-electron chi connectivity index (χ4n) is 2.81. The van der Waals surface area contributed by atoms with E-state index in [9.17, 15) is 14.7 Å². The van der Waals surface area contributed by atoms with Crippen LogP contribution in [0.2, 0.25) is 5.02 Å².